The van der Waals surface area contributed by atoms with E-state index in [1.165, 1.54) is 45.3 Å². The van der Waals surface area contributed by atoms with Gasteiger partial charge in [0.25, 0.3) is 0 Å². The van der Waals surface area contributed by atoms with Gasteiger partial charge in [-0.3, -0.25) is 4.79 Å². The van der Waals surface area contributed by atoms with Crippen LogP contribution in [0.15, 0.2) is 0 Å². The summed E-state index contributed by atoms with van der Waals surface area (Å²) in [5.74, 6) is 0.373. The van der Waals surface area contributed by atoms with Crippen LogP contribution in [0.4, 0.5) is 0 Å². The number of nitrogens with one attached hydrogen (secondary N) is 1. The number of amides is 1. The molecule has 0 radical (unpaired) electrons. The molecule has 0 aromatic rings. The summed E-state index contributed by atoms with van der Waals surface area (Å²) in [5, 5.41) is 3.49. The third-order valence-corrected chi connectivity index (χ3v) is 5.23. The average Bonchev–Trinajstić information content (AvgIpc) is 3.06. The van der Waals surface area contributed by atoms with E-state index in [1.807, 2.05) is 0 Å². The first kappa shape index (κ1) is 17.7. The lowest BCUT2D eigenvalue weighted by atomic mass is 9.86. The molecule has 1 unspecified atom stereocenters. The Labute approximate surface area is 136 Å². The molecule has 2 saturated heterocycles. The predicted octanol–water partition coefficient (Wildman–Crippen LogP) is 2.49. The molecule has 0 aromatic carbocycles. The van der Waals surface area contributed by atoms with Gasteiger partial charge in [0.1, 0.15) is 0 Å². The fourth-order valence-electron chi connectivity index (χ4n) is 3.92. The van der Waals surface area contributed by atoms with Gasteiger partial charge in [0.2, 0.25) is 5.91 Å². The van der Waals surface area contributed by atoms with Gasteiger partial charge in [0.15, 0.2) is 0 Å². The Kier molecular flexibility index (Phi) is 6.69. The molecule has 2 rings (SSSR count). The zero-order valence-corrected chi connectivity index (χ0v) is 14.9. The fourth-order valence-corrected chi connectivity index (χ4v) is 3.92. The second-order valence-corrected chi connectivity index (χ2v) is 7.66. The van der Waals surface area contributed by atoms with E-state index in [1.54, 1.807) is 0 Å². The summed E-state index contributed by atoms with van der Waals surface area (Å²) in [5.41, 5.74) is 0.416. The fraction of sp³-hybridized carbons (Fsp3) is 0.944. The highest BCUT2D eigenvalue weighted by Crippen LogP contribution is 2.39. The Morgan fingerprint density at radius 1 is 1.18 bits per heavy atom. The van der Waals surface area contributed by atoms with E-state index in [9.17, 15) is 4.79 Å². The van der Waals surface area contributed by atoms with Gasteiger partial charge in [0.05, 0.1) is 0 Å². The van der Waals surface area contributed by atoms with E-state index in [4.69, 9.17) is 0 Å². The van der Waals surface area contributed by atoms with Crippen LogP contribution >= 0.6 is 0 Å². The monoisotopic (exact) mass is 309 g/mol. The lowest BCUT2D eigenvalue weighted by molar-refractivity contribution is -0.130. The van der Waals surface area contributed by atoms with Gasteiger partial charge in [-0.2, -0.15) is 0 Å². The predicted molar refractivity (Wildman–Crippen MR) is 92.0 cm³/mol. The van der Waals surface area contributed by atoms with Crippen molar-refractivity contribution in [2.24, 2.45) is 5.41 Å². The number of rotatable bonds is 8. The molecule has 2 aliphatic rings. The zero-order chi connectivity index (χ0) is 16.0. The van der Waals surface area contributed by atoms with Gasteiger partial charge in [0, 0.05) is 37.5 Å². The third kappa shape index (κ3) is 4.95. The van der Waals surface area contributed by atoms with Gasteiger partial charge >= 0.3 is 0 Å². The molecule has 0 aliphatic carbocycles. The summed E-state index contributed by atoms with van der Waals surface area (Å²) in [7, 11) is 0. The van der Waals surface area contributed by atoms with Crippen LogP contribution < -0.4 is 5.32 Å². The molecule has 2 fully saturated rings. The normalized spacial score (nSPS) is 25.7. The van der Waals surface area contributed by atoms with Crippen molar-refractivity contribution in [3.05, 3.63) is 0 Å². The molecule has 1 amide bonds. The van der Waals surface area contributed by atoms with Crippen molar-refractivity contribution in [1.82, 2.24) is 15.1 Å². The van der Waals surface area contributed by atoms with E-state index in [2.05, 4.69) is 35.9 Å². The van der Waals surface area contributed by atoms with Crippen molar-refractivity contribution >= 4 is 5.91 Å². The van der Waals surface area contributed by atoms with Crippen LogP contribution in [0.25, 0.3) is 0 Å². The van der Waals surface area contributed by atoms with Gasteiger partial charge in [-0.1, -0.05) is 20.8 Å². The van der Waals surface area contributed by atoms with Crippen LogP contribution in [0, 0.1) is 5.41 Å². The van der Waals surface area contributed by atoms with Crippen LogP contribution in [0.2, 0.25) is 0 Å². The smallest absolute Gasteiger partial charge is 0.222 e. The number of hydrogen-bond acceptors (Lipinski definition) is 3. The van der Waals surface area contributed by atoms with E-state index >= 15 is 0 Å². The molecule has 1 N–H and O–H groups in total. The lowest BCUT2D eigenvalue weighted by Crippen LogP contribution is -2.34. The first-order valence-corrected chi connectivity index (χ1v) is 9.28. The number of carbonyl (C=O) groups excluding carboxylic acids is 1. The summed E-state index contributed by atoms with van der Waals surface area (Å²) in [6.45, 7) is 13.3. The van der Waals surface area contributed by atoms with Crippen LogP contribution in [-0.4, -0.2) is 61.0 Å². The van der Waals surface area contributed by atoms with Gasteiger partial charge in [-0.15, -0.1) is 0 Å². The maximum atomic E-state index is 12.1. The van der Waals surface area contributed by atoms with Crippen LogP contribution in [0.5, 0.6) is 0 Å². The van der Waals surface area contributed by atoms with Crippen molar-refractivity contribution in [2.75, 3.05) is 39.3 Å². The van der Waals surface area contributed by atoms with Crippen LogP contribution in [-0.2, 0) is 4.79 Å². The van der Waals surface area contributed by atoms with Gasteiger partial charge < -0.3 is 15.1 Å². The summed E-state index contributed by atoms with van der Waals surface area (Å²) < 4.78 is 0. The van der Waals surface area contributed by atoms with Crippen molar-refractivity contribution in [2.45, 2.75) is 65.3 Å². The van der Waals surface area contributed by atoms with E-state index in [-0.39, 0.29) is 0 Å². The number of carbonyl (C=O) groups is 1. The summed E-state index contributed by atoms with van der Waals surface area (Å²) >= 11 is 0. The first-order valence-electron chi connectivity index (χ1n) is 9.28. The Morgan fingerprint density at radius 2 is 1.95 bits per heavy atom. The molecule has 0 bridgehead atoms. The Hall–Kier alpha value is -0.610. The van der Waals surface area contributed by atoms with Crippen molar-refractivity contribution in [3.63, 3.8) is 0 Å². The number of hydrogen-bond donors (Lipinski definition) is 1. The minimum atomic E-state index is 0.373. The molecule has 2 heterocycles. The Morgan fingerprint density at radius 3 is 2.68 bits per heavy atom. The second-order valence-electron chi connectivity index (χ2n) is 7.66. The second kappa shape index (κ2) is 8.30. The van der Waals surface area contributed by atoms with E-state index in [0.717, 1.165) is 32.5 Å². The van der Waals surface area contributed by atoms with Crippen LogP contribution in [0.1, 0.15) is 59.3 Å². The van der Waals surface area contributed by atoms with Crippen molar-refractivity contribution in [1.29, 1.82) is 0 Å². The number of unbranched alkanes of at least 4 members (excludes halogenated alkanes) is 1. The summed E-state index contributed by atoms with van der Waals surface area (Å²) in [4.78, 5) is 16.8. The first-order chi connectivity index (χ1) is 10.5. The summed E-state index contributed by atoms with van der Waals surface area (Å²) in [6.07, 6.45) is 6.75. The van der Waals surface area contributed by atoms with E-state index < -0.39 is 0 Å². The maximum Gasteiger partial charge on any atom is 0.222 e. The minimum absolute atomic E-state index is 0.373. The highest BCUT2D eigenvalue weighted by molar-refractivity contribution is 5.76. The summed E-state index contributed by atoms with van der Waals surface area (Å²) in [6, 6.07) is 0.597. The minimum Gasteiger partial charge on any atom is -0.342 e. The van der Waals surface area contributed by atoms with Crippen molar-refractivity contribution < 1.29 is 4.79 Å². The Bertz CT molecular complexity index is 358. The number of nitrogens with zero attached hydrogens (tertiary/aromatic N) is 2. The average molecular weight is 309 g/mol. The van der Waals surface area contributed by atoms with Gasteiger partial charge in [-0.25, -0.2) is 0 Å². The zero-order valence-electron chi connectivity index (χ0n) is 14.9. The molecule has 4 nitrogen and oxygen atoms in total. The number of likely N-dealkylation sites (tertiary alicyclic amines) is 2. The molecule has 1 atom stereocenters. The molecule has 22 heavy (non-hydrogen) atoms. The third-order valence-electron chi connectivity index (χ3n) is 5.23. The van der Waals surface area contributed by atoms with Crippen LogP contribution in [0.3, 0.4) is 0 Å². The molecule has 0 aromatic heterocycles. The maximum absolute atomic E-state index is 12.1. The molecule has 4 heteroatoms. The Balaban J connectivity index is 1.66. The highest BCUT2D eigenvalue weighted by atomic mass is 16.2. The quantitative estimate of drug-likeness (QED) is 0.700. The SMILES string of the molecule is CCCC(=O)N1CCC2(CCN(CCCCNC(C)C)C2)C1. The van der Waals surface area contributed by atoms with E-state index in [0.29, 0.717) is 17.4 Å². The molecule has 128 valence electrons. The van der Waals surface area contributed by atoms with Crippen molar-refractivity contribution in [3.8, 4) is 0 Å². The lowest BCUT2D eigenvalue weighted by Gasteiger charge is -2.25. The largest absolute Gasteiger partial charge is 0.342 e. The molecule has 1 spiro atoms. The molecular weight excluding hydrogens is 274 g/mol. The highest BCUT2D eigenvalue weighted by Gasteiger charge is 2.44. The standard InChI is InChI=1S/C18H35N3O/c1-4-7-17(22)21-13-9-18(15-21)8-12-20(14-18)11-6-5-10-19-16(2)3/h16,19H,4-15H2,1-3H3. The topological polar surface area (TPSA) is 35.6 Å². The molecule has 0 saturated carbocycles. The molecular formula is C18H35N3O. The van der Waals surface area contributed by atoms with Gasteiger partial charge in [-0.05, 0) is 51.7 Å². The molecule has 2 aliphatic heterocycles.